The summed E-state index contributed by atoms with van der Waals surface area (Å²) >= 11 is 0. The zero-order chi connectivity index (χ0) is 15.5. The van der Waals surface area contributed by atoms with Gasteiger partial charge >= 0.3 is 0 Å². The summed E-state index contributed by atoms with van der Waals surface area (Å²) in [7, 11) is -1.57. The van der Waals surface area contributed by atoms with Gasteiger partial charge in [-0.2, -0.15) is 5.10 Å². The number of rotatable bonds is 6. The Labute approximate surface area is 125 Å². The van der Waals surface area contributed by atoms with Gasteiger partial charge in [0.1, 0.15) is 0 Å². The van der Waals surface area contributed by atoms with Gasteiger partial charge in [-0.3, -0.25) is 4.68 Å². The van der Waals surface area contributed by atoms with Crippen LogP contribution in [-0.4, -0.2) is 18.2 Å². The number of benzene rings is 1. The van der Waals surface area contributed by atoms with E-state index in [9.17, 15) is 8.42 Å². The molecule has 0 aliphatic rings. The lowest BCUT2D eigenvalue weighted by atomic mass is 10.1. The number of hydrogen-bond acceptors (Lipinski definition) is 4. The van der Waals surface area contributed by atoms with Gasteiger partial charge in [-0.05, 0) is 18.1 Å². The van der Waals surface area contributed by atoms with Crippen molar-refractivity contribution in [2.75, 3.05) is 0 Å². The molecule has 0 aliphatic heterocycles. The molecule has 1 aromatic heterocycles. The zero-order valence-electron chi connectivity index (χ0n) is 12.2. The second-order valence-corrected chi connectivity index (χ2v) is 6.79. The van der Waals surface area contributed by atoms with E-state index in [-0.39, 0.29) is 12.3 Å². The number of nitrogens with one attached hydrogen (secondary N) is 1. The second kappa shape index (κ2) is 6.38. The molecule has 0 aliphatic carbocycles. The van der Waals surface area contributed by atoms with Crippen molar-refractivity contribution < 1.29 is 8.42 Å². The molecule has 0 saturated carbocycles. The Hall–Kier alpha value is -1.70. The van der Waals surface area contributed by atoms with E-state index in [0.29, 0.717) is 6.54 Å². The summed E-state index contributed by atoms with van der Waals surface area (Å²) < 4.78 is 28.6. The molecule has 0 spiro atoms. The molecule has 2 aromatic rings. The van der Waals surface area contributed by atoms with Gasteiger partial charge < -0.3 is 5.73 Å². The van der Waals surface area contributed by atoms with Crippen molar-refractivity contribution in [3.63, 3.8) is 0 Å². The largest absolute Gasteiger partial charge is 0.326 e. The number of aromatic nitrogens is 2. The van der Waals surface area contributed by atoms with E-state index >= 15 is 0 Å². The average molecular weight is 308 g/mol. The van der Waals surface area contributed by atoms with Crippen molar-refractivity contribution >= 4 is 10.0 Å². The molecule has 0 bridgehead atoms. The average Bonchev–Trinajstić information content (AvgIpc) is 2.76. The third-order valence-corrected chi connectivity index (χ3v) is 4.70. The molecule has 3 N–H and O–H groups in total. The highest BCUT2D eigenvalue weighted by atomic mass is 32.2. The van der Waals surface area contributed by atoms with E-state index in [1.165, 1.54) is 0 Å². The molecule has 0 atom stereocenters. The van der Waals surface area contributed by atoms with E-state index in [0.717, 1.165) is 22.4 Å². The quantitative estimate of drug-likeness (QED) is 0.826. The lowest BCUT2D eigenvalue weighted by Crippen LogP contribution is -2.25. The van der Waals surface area contributed by atoms with Crippen molar-refractivity contribution in [3.8, 4) is 0 Å². The summed E-state index contributed by atoms with van der Waals surface area (Å²) in [6, 6.07) is 7.29. The van der Waals surface area contributed by atoms with Crippen LogP contribution in [0.25, 0.3) is 0 Å². The molecular formula is C14H20N4O2S. The van der Waals surface area contributed by atoms with Crippen LogP contribution in [-0.2, 0) is 35.9 Å². The molecule has 114 valence electrons. The molecule has 0 fully saturated rings. The number of hydrogen-bond donors (Lipinski definition) is 2. The lowest BCUT2D eigenvalue weighted by Gasteiger charge is -2.08. The highest BCUT2D eigenvalue weighted by molar-refractivity contribution is 7.88. The number of sulfonamides is 1. The molecule has 7 heteroatoms. The molecule has 2 rings (SSSR count). The molecule has 1 heterocycles. The van der Waals surface area contributed by atoms with E-state index in [1.807, 2.05) is 32.2 Å². The topological polar surface area (TPSA) is 90.0 Å². The number of nitrogens with zero attached hydrogens (tertiary/aromatic N) is 2. The predicted octanol–water partition coefficient (Wildman–Crippen LogP) is 0.807. The first-order valence-corrected chi connectivity index (χ1v) is 8.29. The van der Waals surface area contributed by atoms with Crippen molar-refractivity contribution in [2.45, 2.75) is 25.8 Å². The van der Waals surface area contributed by atoms with E-state index in [2.05, 4.69) is 9.82 Å². The lowest BCUT2D eigenvalue weighted by molar-refractivity contribution is 0.580. The first-order chi connectivity index (χ1) is 9.91. The van der Waals surface area contributed by atoms with Crippen LogP contribution >= 0.6 is 0 Å². The maximum atomic E-state index is 12.1. The van der Waals surface area contributed by atoms with Crippen molar-refractivity contribution in [2.24, 2.45) is 12.8 Å². The molecule has 21 heavy (non-hydrogen) atoms. The summed E-state index contributed by atoms with van der Waals surface area (Å²) in [4.78, 5) is 0. The molecule has 0 radical (unpaired) electrons. The van der Waals surface area contributed by atoms with E-state index < -0.39 is 10.0 Å². The normalized spacial score (nSPS) is 11.8. The first-order valence-electron chi connectivity index (χ1n) is 6.64. The Kier molecular flexibility index (Phi) is 4.76. The van der Waals surface area contributed by atoms with E-state index in [1.54, 1.807) is 16.9 Å². The van der Waals surface area contributed by atoms with Crippen LogP contribution in [0.3, 0.4) is 0 Å². The molecule has 0 amide bonds. The molecule has 6 nitrogen and oxygen atoms in total. The standard InChI is InChI=1S/C14H20N4O2S/c1-11-14(8-16-18(11)2)9-17-21(19,20)10-13-5-3-4-12(6-13)7-15/h3-6,8,17H,7,9-10,15H2,1-2H3. The molecular weight excluding hydrogens is 288 g/mol. The van der Waals surface area contributed by atoms with E-state index in [4.69, 9.17) is 5.73 Å². The number of aryl methyl sites for hydroxylation is 1. The second-order valence-electron chi connectivity index (χ2n) is 4.98. The fourth-order valence-corrected chi connectivity index (χ4v) is 3.12. The Morgan fingerprint density at radius 3 is 2.67 bits per heavy atom. The summed E-state index contributed by atoms with van der Waals surface area (Å²) in [6.45, 7) is 2.55. The van der Waals surface area contributed by atoms with Crippen LogP contribution in [0.1, 0.15) is 22.4 Å². The van der Waals surface area contributed by atoms with Gasteiger partial charge in [0.2, 0.25) is 10.0 Å². The predicted molar refractivity (Wildman–Crippen MR) is 81.7 cm³/mol. The zero-order valence-corrected chi connectivity index (χ0v) is 13.0. The molecule has 0 unspecified atom stereocenters. The Bertz CT molecular complexity index is 722. The highest BCUT2D eigenvalue weighted by Gasteiger charge is 2.13. The van der Waals surface area contributed by atoms with Crippen molar-refractivity contribution in [3.05, 3.63) is 52.8 Å². The van der Waals surface area contributed by atoms with Crippen LogP contribution in [0, 0.1) is 6.92 Å². The van der Waals surface area contributed by atoms with Gasteiger partial charge in [0.05, 0.1) is 11.9 Å². The minimum Gasteiger partial charge on any atom is -0.326 e. The minimum atomic E-state index is -3.39. The van der Waals surface area contributed by atoms with Gasteiger partial charge in [0.15, 0.2) is 0 Å². The third-order valence-electron chi connectivity index (χ3n) is 3.40. The monoisotopic (exact) mass is 308 g/mol. The van der Waals surface area contributed by atoms with Crippen LogP contribution in [0.4, 0.5) is 0 Å². The van der Waals surface area contributed by atoms with Gasteiger partial charge in [0.25, 0.3) is 0 Å². The Morgan fingerprint density at radius 2 is 2.05 bits per heavy atom. The van der Waals surface area contributed by atoms with Gasteiger partial charge in [-0.1, -0.05) is 24.3 Å². The molecule has 1 aromatic carbocycles. The van der Waals surface area contributed by atoms with Gasteiger partial charge in [0, 0.05) is 31.4 Å². The molecule has 0 saturated heterocycles. The van der Waals surface area contributed by atoms with Crippen molar-refractivity contribution in [1.82, 2.24) is 14.5 Å². The fraction of sp³-hybridized carbons (Fsp3) is 0.357. The van der Waals surface area contributed by atoms with Crippen LogP contribution in [0.2, 0.25) is 0 Å². The maximum absolute atomic E-state index is 12.1. The smallest absolute Gasteiger partial charge is 0.216 e. The summed E-state index contributed by atoms with van der Waals surface area (Å²) in [5.41, 5.74) is 9.03. The SMILES string of the molecule is Cc1c(CNS(=O)(=O)Cc2cccc(CN)c2)cnn1C. The maximum Gasteiger partial charge on any atom is 0.216 e. The van der Waals surface area contributed by atoms with Crippen LogP contribution in [0.15, 0.2) is 30.5 Å². The number of nitrogens with two attached hydrogens (primary N) is 1. The van der Waals surface area contributed by atoms with Crippen LogP contribution in [0.5, 0.6) is 0 Å². The Morgan fingerprint density at radius 1 is 1.33 bits per heavy atom. The summed E-state index contributed by atoms with van der Waals surface area (Å²) in [5, 5.41) is 4.09. The summed E-state index contributed by atoms with van der Waals surface area (Å²) in [5.74, 6) is -0.0554. The summed E-state index contributed by atoms with van der Waals surface area (Å²) in [6.07, 6.45) is 1.67. The van der Waals surface area contributed by atoms with Crippen molar-refractivity contribution in [1.29, 1.82) is 0 Å². The highest BCUT2D eigenvalue weighted by Crippen LogP contribution is 2.10. The first kappa shape index (κ1) is 15.7. The minimum absolute atomic E-state index is 0.0554. The Balaban J connectivity index is 2.03. The van der Waals surface area contributed by atoms with Gasteiger partial charge in [-0.15, -0.1) is 0 Å². The van der Waals surface area contributed by atoms with Gasteiger partial charge in [-0.25, -0.2) is 13.1 Å². The third kappa shape index (κ3) is 4.13. The van der Waals surface area contributed by atoms with Crippen LogP contribution < -0.4 is 10.5 Å². The fourth-order valence-electron chi connectivity index (χ4n) is 2.02.